The molecule has 0 bridgehead atoms. The largest absolute Gasteiger partial charge is 0.494 e. The Morgan fingerprint density at radius 1 is 1.05 bits per heavy atom. The van der Waals surface area contributed by atoms with Gasteiger partial charge in [0.05, 0.1) is 22.5 Å². The molecule has 0 radical (unpaired) electrons. The Morgan fingerprint density at radius 2 is 1.77 bits per heavy atom. The number of aliphatic imine (C=N–C) groups is 1. The topological polar surface area (TPSA) is 118 Å². The van der Waals surface area contributed by atoms with E-state index in [1.165, 1.54) is 0 Å². The van der Waals surface area contributed by atoms with E-state index in [2.05, 4.69) is 26.2 Å². The van der Waals surface area contributed by atoms with Gasteiger partial charge in [0.2, 0.25) is 5.91 Å². The summed E-state index contributed by atoms with van der Waals surface area (Å²) in [5.41, 5.74) is 5.02. The zero-order valence-electron chi connectivity index (χ0n) is 21.9. The van der Waals surface area contributed by atoms with E-state index in [0.717, 1.165) is 45.2 Å². The molecule has 0 aliphatic rings. The molecular weight excluding hydrogens is 560 g/mol. The number of nitrogens with one attached hydrogen (secondary N) is 2. The highest BCUT2D eigenvalue weighted by Crippen LogP contribution is 2.33. The van der Waals surface area contributed by atoms with Crippen LogP contribution >= 0.6 is 15.9 Å². The maximum Gasteiger partial charge on any atom is 0.303 e. The molecule has 4 aromatic rings. The highest BCUT2D eigenvalue weighted by atomic mass is 79.9. The zero-order valence-corrected chi connectivity index (χ0v) is 23.5. The van der Waals surface area contributed by atoms with E-state index in [-0.39, 0.29) is 18.2 Å². The molecule has 0 saturated carbocycles. The first kappa shape index (κ1) is 28.1. The fourth-order valence-corrected chi connectivity index (χ4v) is 4.82. The first-order valence-electron chi connectivity index (χ1n) is 12.7. The number of hydrogen-bond acceptors (Lipinski definition) is 5. The Labute approximate surface area is 235 Å². The number of rotatable bonds is 11. The van der Waals surface area contributed by atoms with Crippen LogP contribution in [0.25, 0.3) is 10.9 Å². The number of aromatic nitrogens is 1. The number of carbonyl (C=O) groups excluding carboxylic acids is 1. The standard InChI is InChI=1S/C30H31BrN4O4/c1-19(36)35(17-3-16-32-2)24-12-10-23(11-13-24)33-29(21-7-4-20(5-8-21)6-15-27(37)38)28-25-14-9-22(31)18-26(25)34-30(28)39/h4-5,7-14,18,32,34,39H,3,6,15-17H2,1-2H3,(H,37,38). The fourth-order valence-electron chi connectivity index (χ4n) is 4.46. The summed E-state index contributed by atoms with van der Waals surface area (Å²) >= 11 is 3.48. The number of nitrogens with zero attached hydrogens (tertiary/aromatic N) is 2. The van der Waals surface area contributed by atoms with Crippen LogP contribution in [0.1, 0.15) is 36.5 Å². The van der Waals surface area contributed by atoms with Gasteiger partial charge in [0.15, 0.2) is 5.88 Å². The van der Waals surface area contributed by atoms with Crippen LogP contribution in [0.4, 0.5) is 11.4 Å². The molecule has 202 valence electrons. The second-order valence-electron chi connectivity index (χ2n) is 9.23. The monoisotopic (exact) mass is 590 g/mol. The minimum absolute atomic E-state index is 0.000660. The molecule has 9 heteroatoms. The molecule has 0 atom stereocenters. The van der Waals surface area contributed by atoms with Gasteiger partial charge in [0.25, 0.3) is 0 Å². The van der Waals surface area contributed by atoms with E-state index >= 15 is 0 Å². The van der Waals surface area contributed by atoms with Crippen molar-refractivity contribution in [2.24, 2.45) is 4.99 Å². The number of carboxylic acids is 1. The molecule has 8 nitrogen and oxygen atoms in total. The number of carbonyl (C=O) groups is 2. The number of carboxylic acid groups (broad SMARTS) is 1. The summed E-state index contributed by atoms with van der Waals surface area (Å²) < 4.78 is 0.879. The summed E-state index contributed by atoms with van der Waals surface area (Å²) in [7, 11) is 1.89. The van der Waals surface area contributed by atoms with Crippen LogP contribution in [0.2, 0.25) is 0 Å². The summed E-state index contributed by atoms with van der Waals surface area (Å²) in [6.07, 6.45) is 1.31. The zero-order chi connectivity index (χ0) is 27.9. The van der Waals surface area contributed by atoms with Crippen LogP contribution in [0.3, 0.4) is 0 Å². The number of amides is 1. The predicted octanol–water partition coefficient (Wildman–Crippen LogP) is 5.78. The molecule has 1 heterocycles. The van der Waals surface area contributed by atoms with E-state index in [0.29, 0.717) is 29.9 Å². The van der Waals surface area contributed by atoms with Crippen molar-refractivity contribution in [3.05, 3.63) is 87.9 Å². The molecule has 0 saturated heterocycles. The summed E-state index contributed by atoms with van der Waals surface area (Å²) in [4.78, 5) is 33.0. The van der Waals surface area contributed by atoms with Gasteiger partial charge in [-0.05, 0) is 68.4 Å². The lowest BCUT2D eigenvalue weighted by molar-refractivity contribution is -0.137. The van der Waals surface area contributed by atoms with Crippen molar-refractivity contribution in [1.82, 2.24) is 10.3 Å². The van der Waals surface area contributed by atoms with Crippen molar-refractivity contribution in [3.63, 3.8) is 0 Å². The van der Waals surface area contributed by atoms with Crippen LogP contribution in [0.5, 0.6) is 5.88 Å². The molecule has 1 amide bonds. The van der Waals surface area contributed by atoms with Gasteiger partial charge in [0.1, 0.15) is 0 Å². The lowest BCUT2D eigenvalue weighted by atomic mass is 9.98. The number of aryl methyl sites for hydroxylation is 1. The molecule has 39 heavy (non-hydrogen) atoms. The molecule has 0 spiro atoms. The molecule has 1 aromatic heterocycles. The number of fused-ring (bicyclic) bond motifs is 1. The number of H-pyrrole nitrogens is 1. The van der Waals surface area contributed by atoms with Crippen molar-refractivity contribution in [3.8, 4) is 5.88 Å². The maximum atomic E-state index is 12.2. The van der Waals surface area contributed by atoms with E-state index in [1.54, 1.807) is 11.8 Å². The van der Waals surface area contributed by atoms with Gasteiger partial charge in [-0.2, -0.15) is 0 Å². The third kappa shape index (κ3) is 6.93. The Bertz CT molecular complexity index is 1490. The van der Waals surface area contributed by atoms with E-state index < -0.39 is 5.97 Å². The van der Waals surface area contributed by atoms with Gasteiger partial charge in [0, 0.05) is 41.0 Å². The van der Waals surface area contributed by atoms with Gasteiger partial charge in [-0.15, -0.1) is 0 Å². The van der Waals surface area contributed by atoms with Gasteiger partial charge >= 0.3 is 5.97 Å². The Morgan fingerprint density at radius 3 is 2.41 bits per heavy atom. The lowest BCUT2D eigenvalue weighted by Crippen LogP contribution is -2.31. The second-order valence-corrected chi connectivity index (χ2v) is 10.1. The van der Waals surface area contributed by atoms with Crippen LogP contribution < -0.4 is 10.2 Å². The molecule has 0 unspecified atom stereocenters. The van der Waals surface area contributed by atoms with Crippen molar-refractivity contribution >= 4 is 55.8 Å². The smallest absolute Gasteiger partial charge is 0.303 e. The average Bonchev–Trinajstić information content (AvgIpc) is 3.23. The Balaban J connectivity index is 1.75. The molecular formula is C30H31BrN4O4. The van der Waals surface area contributed by atoms with E-state index in [9.17, 15) is 14.7 Å². The average molecular weight is 592 g/mol. The summed E-state index contributed by atoms with van der Waals surface area (Å²) in [6, 6.07) is 20.7. The number of benzene rings is 3. The minimum atomic E-state index is -0.843. The Hall–Kier alpha value is -3.95. The van der Waals surface area contributed by atoms with Gasteiger partial charge in [-0.3, -0.25) is 9.59 Å². The maximum absolute atomic E-state index is 12.2. The molecule has 0 aliphatic heterocycles. The molecule has 4 N–H and O–H groups in total. The summed E-state index contributed by atoms with van der Waals surface area (Å²) in [5, 5.41) is 23.9. The predicted molar refractivity (Wildman–Crippen MR) is 158 cm³/mol. The van der Waals surface area contributed by atoms with Crippen molar-refractivity contribution in [2.75, 3.05) is 25.0 Å². The molecule has 0 aliphatic carbocycles. The van der Waals surface area contributed by atoms with Crippen LogP contribution in [0, 0.1) is 0 Å². The van der Waals surface area contributed by atoms with Crippen LogP contribution in [-0.4, -0.2) is 52.9 Å². The van der Waals surface area contributed by atoms with Gasteiger partial charge < -0.3 is 25.4 Å². The van der Waals surface area contributed by atoms with Crippen LogP contribution in [-0.2, 0) is 16.0 Å². The number of aromatic amines is 1. The van der Waals surface area contributed by atoms with Crippen molar-refractivity contribution in [1.29, 1.82) is 0 Å². The van der Waals surface area contributed by atoms with E-state index in [4.69, 9.17) is 10.1 Å². The minimum Gasteiger partial charge on any atom is -0.494 e. The highest BCUT2D eigenvalue weighted by molar-refractivity contribution is 9.10. The summed E-state index contributed by atoms with van der Waals surface area (Å²) in [5.74, 6) is -0.869. The number of halogens is 1. The fraction of sp³-hybridized carbons (Fsp3) is 0.233. The second kappa shape index (κ2) is 12.7. The van der Waals surface area contributed by atoms with Gasteiger partial charge in [-0.25, -0.2) is 4.99 Å². The summed E-state index contributed by atoms with van der Waals surface area (Å²) in [6.45, 7) is 2.98. The third-order valence-electron chi connectivity index (χ3n) is 6.42. The van der Waals surface area contributed by atoms with Gasteiger partial charge in [-0.1, -0.05) is 46.3 Å². The normalized spacial score (nSPS) is 11.6. The first-order chi connectivity index (χ1) is 18.8. The van der Waals surface area contributed by atoms with Crippen molar-refractivity contribution < 1.29 is 19.8 Å². The number of hydrogen-bond donors (Lipinski definition) is 4. The SMILES string of the molecule is CNCCCN(C(C)=O)c1ccc(N=C(c2ccc(CCC(=O)O)cc2)c2c(O)[nH]c3cc(Br)ccc23)cc1. The lowest BCUT2D eigenvalue weighted by Gasteiger charge is -2.21. The molecule has 0 fully saturated rings. The van der Waals surface area contributed by atoms with Crippen LogP contribution in [0.15, 0.2) is 76.2 Å². The molecule has 3 aromatic carbocycles. The Kier molecular flexibility index (Phi) is 9.16. The third-order valence-corrected chi connectivity index (χ3v) is 6.92. The van der Waals surface area contributed by atoms with Crippen molar-refractivity contribution in [2.45, 2.75) is 26.2 Å². The first-order valence-corrected chi connectivity index (χ1v) is 13.5. The quantitative estimate of drug-likeness (QED) is 0.130. The van der Waals surface area contributed by atoms with E-state index in [1.807, 2.05) is 73.8 Å². The molecule has 4 rings (SSSR count). The highest BCUT2D eigenvalue weighted by Gasteiger charge is 2.19. The number of aromatic hydroxyl groups is 1. The number of anilines is 1. The number of aliphatic carboxylic acids is 1.